The summed E-state index contributed by atoms with van der Waals surface area (Å²) in [4.78, 5) is 25.0. The van der Waals surface area contributed by atoms with Crippen molar-refractivity contribution in [2.75, 3.05) is 31.6 Å². The van der Waals surface area contributed by atoms with Crippen LogP contribution in [0, 0.1) is 10.1 Å². The van der Waals surface area contributed by atoms with Crippen LogP contribution in [0.5, 0.6) is 0 Å². The molecule has 2 rings (SSSR count). The predicted molar refractivity (Wildman–Crippen MR) is 78.6 cm³/mol. The molecule has 7 nitrogen and oxygen atoms in total. The van der Waals surface area contributed by atoms with Gasteiger partial charge in [-0.2, -0.15) is 0 Å². The molecule has 114 valence electrons. The van der Waals surface area contributed by atoms with Crippen LogP contribution in [0.15, 0.2) is 18.2 Å². The number of rotatable bonds is 4. The van der Waals surface area contributed by atoms with E-state index in [0.29, 0.717) is 31.9 Å². The molecule has 21 heavy (non-hydrogen) atoms. The van der Waals surface area contributed by atoms with E-state index in [1.807, 2.05) is 13.8 Å². The van der Waals surface area contributed by atoms with Crippen molar-refractivity contribution in [3.8, 4) is 0 Å². The third-order valence-corrected chi connectivity index (χ3v) is 3.34. The molecule has 1 aliphatic heterocycles. The Labute approximate surface area is 123 Å². The Kier molecular flexibility index (Phi) is 4.74. The molecule has 1 aromatic carbocycles. The Morgan fingerprint density at radius 2 is 2.33 bits per heavy atom. The van der Waals surface area contributed by atoms with Crippen LogP contribution in [0.2, 0.25) is 0 Å². The fourth-order valence-corrected chi connectivity index (χ4v) is 2.42. The van der Waals surface area contributed by atoms with Gasteiger partial charge in [0.15, 0.2) is 0 Å². The SMILES string of the molecule is CCNc1cccc(C(=O)N2CCOC(C)C2)c1[N+](=O)[O-]. The number of morpholine rings is 1. The van der Waals surface area contributed by atoms with Gasteiger partial charge in [0.2, 0.25) is 0 Å². The van der Waals surface area contributed by atoms with Crippen molar-refractivity contribution in [3.05, 3.63) is 33.9 Å². The number of ether oxygens (including phenoxy) is 1. The molecule has 0 saturated carbocycles. The molecule has 1 saturated heterocycles. The first-order valence-corrected chi connectivity index (χ1v) is 6.96. The van der Waals surface area contributed by atoms with E-state index in [1.54, 1.807) is 17.0 Å². The molecule has 1 N–H and O–H groups in total. The quantitative estimate of drug-likeness (QED) is 0.677. The summed E-state index contributed by atoms with van der Waals surface area (Å²) in [7, 11) is 0. The maximum atomic E-state index is 12.6. The van der Waals surface area contributed by atoms with Crippen LogP contribution < -0.4 is 5.32 Å². The Morgan fingerprint density at radius 1 is 1.57 bits per heavy atom. The summed E-state index contributed by atoms with van der Waals surface area (Å²) in [5.41, 5.74) is 0.325. The molecular formula is C14H19N3O4. The summed E-state index contributed by atoms with van der Waals surface area (Å²) in [6.45, 7) is 5.62. The number of para-hydroxylation sites is 1. The second-order valence-corrected chi connectivity index (χ2v) is 4.92. The summed E-state index contributed by atoms with van der Waals surface area (Å²) in [6.07, 6.45) is -0.0568. The van der Waals surface area contributed by atoms with E-state index in [2.05, 4.69) is 5.32 Å². The first kappa shape index (κ1) is 15.2. The predicted octanol–water partition coefficient (Wildman–Crippen LogP) is 1.89. The Bertz CT molecular complexity index is 547. The molecule has 7 heteroatoms. The van der Waals surface area contributed by atoms with Crippen molar-refractivity contribution in [3.63, 3.8) is 0 Å². The van der Waals surface area contributed by atoms with E-state index < -0.39 is 4.92 Å². The number of nitrogens with zero attached hydrogens (tertiary/aromatic N) is 2. The van der Waals surface area contributed by atoms with E-state index in [-0.39, 0.29) is 23.3 Å². The van der Waals surface area contributed by atoms with Gasteiger partial charge in [-0.1, -0.05) is 6.07 Å². The highest BCUT2D eigenvalue weighted by molar-refractivity contribution is 6.00. The number of nitro groups is 1. The minimum atomic E-state index is -0.505. The zero-order valence-corrected chi connectivity index (χ0v) is 12.2. The van der Waals surface area contributed by atoms with E-state index in [0.717, 1.165) is 0 Å². The van der Waals surface area contributed by atoms with Gasteiger partial charge in [0, 0.05) is 19.6 Å². The number of hydrogen-bond acceptors (Lipinski definition) is 5. The molecule has 1 amide bonds. The smallest absolute Gasteiger partial charge is 0.305 e. The van der Waals surface area contributed by atoms with E-state index >= 15 is 0 Å². The van der Waals surface area contributed by atoms with Crippen LogP contribution in [0.4, 0.5) is 11.4 Å². The molecule has 1 fully saturated rings. The van der Waals surface area contributed by atoms with Crippen molar-refractivity contribution >= 4 is 17.3 Å². The Hall–Kier alpha value is -2.15. The molecule has 1 aliphatic rings. The van der Waals surface area contributed by atoms with Gasteiger partial charge >= 0.3 is 5.69 Å². The molecule has 1 heterocycles. The Balaban J connectivity index is 2.35. The fraction of sp³-hybridized carbons (Fsp3) is 0.500. The van der Waals surface area contributed by atoms with E-state index in [4.69, 9.17) is 4.74 Å². The normalized spacial score (nSPS) is 18.4. The van der Waals surface area contributed by atoms with Crippen LogP contribution >= 0.6 is 0 Å². The minimum Gasteiger partial charge on any atom is -0.380 e. The third kappa shape index (κ3) is 3.30. The lowest BCUT2D eigenvalue weighted by Gasteiger charge is -2.31. The van der Waals surface area contributed by atoms with Gasteiger partial charge < -0.3 is 15.0 Å². The number of nitro benzene ring substituents is 1. The average Bonchev–Trinajstić information content (AvgIpc) is 2.46. The maximum Gasteiger partial charge on any atom is 0.305 e. The molecule has 1 aromatic rings. The van der Waals surface area contributed by atoms with Gasteiger partial charge in [-0.3, -0.25) is 14.9 Å². The highest BCUT2D eigenvalue weighted by Gasteiger charge is 2.29. The molecule has 0 spiro atoms. The van der Waals surface area contributed by atoms with Crippen LogP contribution in [0.1, 0.15) is 24.2 Å². The van der Waals surface area contributed by atoms with Crippen molar-refractivity contribution < 1.29 is 14.5 Å². The number of nitrogens with one attached hydrogen (secondary N) is 1. The molecule has 1 unspecified atom stereocenters. The number of anilines is 1. The van der Waals surface area contributed by atoms with Crippen molar-refractivity contribution in [2.45, 2.75) is 20.0 Å². The molecule has 0 aromatic heterocycles. The standard InChI is InChI=1S/C14H19N3O4/c1-3-15-12-6-4-5-11(13(12)17(19)20)14(18)16-7-8-21-10(2)9-16/h4-6,10,15H,3,7-9H2,1-2H3. The highest BCUT2D eigenvalue weighted by Crippen LogP contribution is 2.29. The third-order valence-electron chi connectivity index (χ3n) is 3.34. The molecule has 0 radical (unpaired) electrons. The van der Waals surface area contributed by atoms with Crippen LogP contribution in [-0.4, -0.2) is 48.1 Å². The molecule has 0 bridgehead atoms. The van der Waals surface area contributed by atoms with E-state index in [1.165, 1.54) is 6.07 Å². The minimum absolute atomic E-state index is 0.0568. The van der Waals surface area contributed by atoms with Crippen LogP contribution in [0.3, 0.4) is 0 Å². The van der Waals surface area contributed by atoms with Gasteiger partial charge in [-0.15, -0.1) is 0 Å². The van der Waals surface area contributed by atoms with Gasteiger partial charge in [-0.25, -0.2) is 0 Å². The molecular weight excluding hydrogens is 274 g/mol. The van der Waals surface area contributed by atoms with Gasteiger partial charge in [-0.05, 0) is 26.0 Å². The molecule has 0 aliphatic carbocycles. The fourth-order valence-electron chi connectivity index (χ4n) is 2.42. The lowest BCUT2D eigenvalue weighted by Crippen LogP contribution is -2.44. The highest BCUT2D eigenvalue weighted by atomic mass is 16.6. The zero-order valence-electron chi connectivity index (χ0n) is 12.2. The number of amides is 1. The lowest BCUT2D eigenvalue weighted by molar-refractivity contribution is -0.384. The summed E-state index contributed by atoms with van der Waals surface area (Å²) in [5.74, 6) is -0.323. The monoisotopic (exact) mass is 293 g/mol. The van der Waals surface area contributed by atoms with Crippen molar-refractivity contribution in [2.24, 2.45) is 0 Å². The second-order valence-electron chi connectivity index (χ2n) is 4.92. The van der Waals surface area contributed by atoms with E-state index in [9.17, 15) is 14.9 Å². The number of benzene rings is 1. The topological polar surface area (TPSA) is 84.7 Å². The van der Waals surface area contributed by atoms with Crippen LogP contribution in [0.25, 0.3) is 0 Å². The molecule has 1 atom stereocenters. The van der Waals surface area contributed by atoms with Crippen molar-refractivity contribution in [1.29, 1.82) is 0 Å². The van der Waals surface area contributed by atoms with Gasteiger partial charge in [0.25, 0.3) is 5.91 Å². The zero-order chi connectivity index (χ0) is 15.4. The first-order valence-electron chi connectivity index (χ1n) is 6.96. The summed E-state index contributed by atoms with van der Waals surface area (Å²) < 4.78 is 5.39. The van der Waals surface area contributed by atoms with Gasteiger partial charge in [0.05, 0.1) is 17.6 Å². The lowest BCUT2D eigenvalue weighted by atomic mass is 10.1. The van der Waals surface area contributed by atoms with Crippen LogP contribution in [-0.2, 0) is 4.74 Å². The van der Waals surface area contributed by atoms with Gasteiger partial charge in [0.1, 0.15) is 11.3 Å². The largest absolute Gasteiger partial charge is 0.380 e. The number of carbonyl (C=O) groups excluding carboxylic acids is 1. The Morgan fingerprint density at radius 3 is 2.95 bits per heavy atom. The maximum absolute atomic E-state index is 12.6. The second kappa shape index (κ2) is 6.53. The summed E-state index contributed by atoms with van der Waals surface area (Å²) in [6, 6.07) is 4.77. The number of carbonyl (C=O) groups is 1. The van der Waals surface area contributed by atoms with Crippen molar-refractivity contribution in [1.82, 2.24) is 4.90 Å². The average molecular weight is 293 g/mol. The summed E-state index contributed by atoms with van der Waals surface area (Å²) >= 11 is 0. The number of hydrogen-bond donors (Lipinski definition) is 1. The first-order chi connectivity index (χ1) is 10.0. The summed E-state index contributed by atoms with van der Waals surface area (Å²) in [5, 5.41) is 14.3.